The van der Waals surface area contributed by atoms with E-state index >= 15 is 0 Å². The van der Waals surface area contributed by atoms with Crippen molar-refractivity contribution in [3.63, 3.8) is 0 Å². The minimum Gasteiger partial charge on any atom is -0.399 e. The predicted molar refractivity (Wildman–Crippen MR) is 81.5 cm³/mol. The molecule has 1 fully saturated rings. The van der Waals surface area contributed by atoms with Gasteiger partial charge < -0.3 is 15.8 Å². The average Bonchev–Trinajstić information content (AvgIpc) is 2.91. The average molecular weight is 276 g/mol. The zero-order valence-electron chi connectivity index (χ0n) is 11.9. The Morgan fingerprint density at radius 2 is 2.15 bits per heavy atom. The molecular formula is C16H24N2O2. The van der Waals surface area contributed by atoms with Gasteiger partial charge in [-0.15, -0.1) is 0 Å². The Morgan fingerprint density at radius 1 is 1.35 bits per heavy atom. The van der Waals surface area contributed by atoms with Crippen molar-refractivity contribution in [3.8, 4) is 0 Å². The predicted octanol–water partition coefficient (Wildman–Crippen LogP) is 3.19. The van der Waals surface area contributed by atoms with Gasteiger partial charge in [0.25, 0.3) is 0 Å². The second-order valence-corrected chi connectivity index (χ2v) is 5.50. The van der Waals surface area contributed by atoms with E-state index in [9.17, 15) is 4.79 Å². The summed E-state index contributed by atoms with van der Waals surface area (Å²) in [5, 5.41) is 2.84. The minimum atomic E-state index is 0.0140. The number of nitrogens with two attached hydrogens (primary N) is 1. The highest BCUT2D eigenvalue weighted by molar-refractivity contribution is 5.91. The third-order valence-corrected chi connectivity index (χ3v) is 3.69. The number of amides is 1. The van der Waals surface area contributed by atoms with Crippen LogP contribution in [-0.4, -0.2) is 19.1 Å². The van der Waals surface area contributed by atoms with Gasteiger partial charge in [-0.1, -0.05) is 18.9 Å². The SMILES string of the molecule is Nc1cccc(NC(=O)CCCOCC2CCCC2)c1. The molecule has 1 aromatic carbocycles. The molecule has 1 saturated carbocycles. The van der Waals surface area contributed by atoms with E-state index in [-0.39, 0.29) is 5.91 Å². The lowest BCUT2D eigenvalue weighted by Gasteiger charge is -2.10. The number of benzene rings is 1. The van der Waals surface area contributed by atoms with Crippen LogP contribution in [0.1, 0.15) is 38.5 Å². The molecule has 0 heterocycles. The van der Waals surface area contributed by atoms with Crippen molar-refractivity contribution in [2.24, 2.45) is 5.92 Å². The number of rotatable bonds is 7. The second-order valence-electron chi connectivity index (χ2n) is 5.50. The Kier molecular flexibility index (Phi) is 5.87. The molecule has 2 rings (SSSR count). The van der Waals surface area contributed by atoms with Gasteiger partial charge in [0.1, 0.15) is 0 Å². The van der Waals surface area contributed by atoms with Gasteiger partial charge >= 0.3 is 0 Å². The van der Waals surface area contributed by atoms with Crippen molar-refractivity contribution >= 4 is 17.3 Å². The number of nitrogens with one attached hydrogen (secondary N) is 1. The fraction of sp³-hybridized carbons (Fsp3) is 0.562. The van der Waals surface area contributed by atoms with Gasteiger partial charge in [-0.3, -0.25) is 4.79 Å². The standard InChI is InChI=1S/C16H24N2O2/c17-14-7-3-8-15(11-14)18-16(19)9-4-10-20-12-13-5-1-2-6-13/h3,7-8,11,13H,1-2,4-6,9-10,12,17H2,(H,18,19). The molecule has 0 radical (unpaired) electrons. The lowest BCUT2D eigenvalue weighted by atomic mass is 10.1. The fourth-order valence-electron chi connectivity index (χ4n) is 2.60. The van der Waals surface area contributed by atoms with Crippen LogP contribution in [0, 0.1) is 5.92 Å². The highest BCUT2D eigenvalue weighted by Crippen LogP contribution is 2.24. The van der Waals surface area contributed by atoms with Crippen LogP contribution in [0.2, 0.25) is 0 Å². The maximum absolute atomic E-state index is 11.7. The Morgan fingerprint density at radius 3 is 2.90 bits per heavy atom. The van der Waals surface area contributed by atoms with Gasteiger partial charge in [0.2, 0.25) is 5.91 Å². The molecular weight excluding hydrogens is 252 g/mol. The van der Waals surface area contributed by atoms with Crippen LogP contribution in [0.25, 0.3) is 0 Å². The van der Waals surface area contributed by atoms with E-state index in [0.29, 0.717) is 18.7 Å². The van der Waals surface area contributed by atoms with Crippen LogP contribution in [0.3, 0.4) is 0 Å². The quantitative estimate of drug-likeness (QED) is 0.594. The summed E-state index contributed by atoms with van der Waals surface area (Å²) in [4.78, 5) is 11.7. The minimum absolute atomic E-state index is 0.0140. The molecule has 0 aromatic heterocycles. The molecule has 110 valence electrons. The molecule has 1 aromatic rings. The number of ether oxygens (including phenoxy) is 1. The molecule has 20 heavy (non-hydrogen) atoms. The van der Waals surface area contributed by atoms with Gasteiger partial charge in [0.05, 0.1) is 0 Å². The molecule has 0 saturated heterocycles. The Hall–Kier alpha value is -1.55. The molecule has 0 bridgehead atoms. The number of anilines is 2. The Labute approximate surface area is 120 Å². The van der Waals surface area contributed by atoms with Crippen molar-refractivity contribution in [3.05, 3.63) is 24.3 Å². The maximum Gasteiger partial charge on any atom is 0.224 e. The summed E-state index contributed by atoms with van der Waals surface area (Å²) in [5.74, 6) is 0.760. The first-order chi connectivity index (χ1) is 9.74. The second kappa shape index (κ2) is 7.90. The van der Waals surface area contributed by atoms with E-state index in [0.717, 1.165) is 24.6 Å². The molecule has 0 spiro atoms. The Bertz CT molecular complexity index is 428. The van der Waals surface area contributed by atoms with Gasteiger partial charge in [0.15, 0.2) is 0 Å². The van der Waals surface area contributed by atoms with E-state index in [4.69, 9.17) is 10.5 Å². The Balaban J connectivity index is 1.55. The third kappa shape index (κ3) is 5.21. The van der Waals surface area contributed by atoms with Crippen LogP contribution in [0.4, 0.5) is 11.4 Å². The van der Waals surface area contributed by atoms with E-state index in [2.05, 4.69) is 5.32 Å². The fourth-order valence-corrected chi connectivity index (χ4v) is 2.60. The van der Waals surface area contributed by atoms with Crippen LogP contribution >= 0.6 is 0 Å². The molecule has 1 amide bonds. The molecule has 1 aliphatic carbocycles. The molecule has 3 N–H and O–H groups in total. The lowest BCUT2D eigenvalue weighted by molar-refractivity contribution is -0.116. The first kappa shape index (κ1) is 14.9. The summed E-state index contributed by atoms with van der Waals surface area (Å²) in [5.41, 5.74) is 7.07. The number of carbonyl (C=O) groups is 1. The number of hydrogen-bond donors (Lipinski definition) is 2. The van der Waals surface area contributed by atoms with Crippen molar-refractivity contribution < 1.29 is 9.53 Å². The number of hydrogen-bond acceptors (Lipinski definition) is 3. The van der Waals surface area contributed by atoms with Crippen molar-refractivity contribution in [1.82, 2.24) is 0 Å². The van der Waals surface area contributed by atoms with Crippen molar-refractivity contribution in [2.75, 3.05) is 24.3 Å². The summed E-state index contributed by atoms with van der Waals surface area (Å²) >= 11 is 0. The number of carbonyl (C=O) groups excluding carboxylic acids is 1. The smallest absolute Gasteiger partial charge is 0.224 e. The normalized spacial score (nSPS) is 15.4. The maximum atomic E-state index is 11.7. The van der Waals surface area contributed by atoms with Crippen LogP contribution < -0.4 is 11.1 Å². The van der Waals surface area contributed by atoms with E-state index < -0.39 is 0 Å². The highest BCUT2D eigenvalue weighted by atomic mass is 16.5. The summed E-state index contributed by atoms with van der Waals surface area (Å²) < 4.78 is 5.64. The largest absolute Gasteiger partial charge is 0.399 e. The van der Waals surface area contributed by atoms with Crippen molar-refractivity contribution in [1.29, 1.82) is 0 Å². The molecule has 4 nitrogen and oxygen atoms in total. The van der Waals surface area contributed by atoms with Gasteiger partial charge in [-0.2, -0.15) is 0 Å². The van der Waals surface area contributed by atoms with Crippen LogP contribution in [0.15, 0.2) is 24.3 Å². The zero-order chi connectivity index (χ0) is 14.2. The van der Waals surface area contributed by atoms with E-state index in [1.165, 1.54) is 25.7 Å². The first-order valence-corrected chi connectivity index (χ1v) is 7.47. The van der Waals surface area contributed by atoms with Gasteiger partial charge in [-0.25, -0.2) is 0 Å². The highest BCUT2D eigenvalue weighted by Gasteiger charge is 2.14. The molecule has 0 atom stereocenters. The molecule has 4 heteroatoms. The summed E-state index contributed by atoms with van der Waals surface area (Å²) in [6.45, 7) is 1.53. The zero-order valence-corrected chi connectivity index (χ0v) is 11.9. The van der Waals surface area contributed by atoms with Crippen LogP contribution in [0.5, 0.6) is 0 Å². The van der Waals surface area contributed by atoms with Gasteiger partial charge in [-0.05, 0) is 43.4 Å². The molecule has 0 aliphatic heterocycles. The summed E-state index contributed by atoms with van der Waals surface area (Å²) in [7, 11) is 0. The molecule has 0 unspecified atom stereocenters. The molecule has 1 aliphatic rings. The van der Waals surface area contributed by atoms with Crippen molar-refractivity contribution in [2.45, 2.75) is 38.5 Å². The number of nitrogen functional groups attached to an aromatic ring is 1. The topological polar surface area (TPSA) is 64.3 Å². The van der Waals surface area contributed by atoms with E-state index in [1.54, 1.807) is 12.1 Å². The lowest BCUT2D eigenvalue weighted by Crippen LogP contribution is -2.13. The summed E-state index contributed by atoms with van der Waals surface area (Å²) in [6, 6.07) is 7.22. The van der Waals surface area contributed by atoms with E-state index in [1.807, 2.05) is 12.1 Å². The van der Waals surface area contributed by atoms with Crippen LogP contribution in [-0.2, 0) is 9.53 Å². The van der Waals surface area contributed by atoms with Gasteiger partial charge in [0, 0.05) is 31.0 Å². The first-order valence-electron chi connectivity index (χ1n) is 7.47. The summed E-state index contributed by atoms with van der Waals surface area (Å²) in [6.07, 6.45) is 6.54. The monoisotopic (exact) mass is 276 g/mol. The third-order valence-electron chi connectivity index (χ3n) is 3.69.